The van der Waals surface area contributed by atoms with E-state index in [-0.39, 0.29) is 0 Å². The molecule has 16 heavy (non-hydrogen) atoms. The Morgan fingerprint density at radius 3 is 2.38 bits per heavy atom. The van der Waals surface area contributed by atoms with Gasteiger partial charge >= 0.3 is 0 Å². The highest BCUT2D eigenvalue weighted by atomic mass is 15.3. The van der Waals surface area contributed by atoms with Gasteiger partial charge in [0.25, 0.3) is 0 Å². The second-order valence-corrected chi connectivity index (χ2v) is 4.89. The van der Waals surface area contributed by atoms with Gasteiger partial charge in [0, 0.05) is 45.3 Å². The van der Waals surface area contributed by atoms with Crippen LogP contribution in [0.2, 0.25) is 0 Å². The van der Waals surface area contributed by atoms with Crippen LogP contribution >= 0.6 is 0 Å². The summed E-state index contributed by atoms with van der Waals surface area (Å²) < 4.78 is 0. The largest absolute Gasteiger partial charge is 0.308 e. The summed E-state index contributed by atoms with van der Waals surface area (Å²) in [5, 5.41) is 8.67. The molecule has 0 aromatic carbocycles. The maximum atomic E-state index is 8.67. The minimum absolute atomic E-state index is 0.418. The summed E-state index contributed by atoms with van der Waals surface area (Å²) in [6.45, 7) is 8.94. The zero-order valence-electron chi connectivity index (χ0n) is 10.8. The van der Waals surface area contributed by atoms with Gasteiger partial charge in [0.15, 0.2) is 0 Å². The second kappa shape index (κ2) is 6.85. The van der Waals surface area contributed by atoms with E-state index in [1.807, 2.05) is 0 Å². The molecule has 0 spiro atoms. The van der Waals surface area contributed by atoms with Crippen LogP contribution in [-0.4, -0.2) is 74.1 Å². The summed E-state index contributed by atoms with van der Waals surface area (Å²) in [5.74, 6) is 0. The summed E-state index contributed by atoms with van der Waals surface area (Å²) in [4.78, 5) is 7.16. The van der Waals surface area contributed by atoms with Crippen LogP contribution in [0.4, 0.5) is 0 Å². The van der Waals surface area contributed by atoms with Crippen molar-refractivity contribution in [2.45, 2.75) is 19.4 Å². The zero-order chi connectivity index (χ0) is 12.0. The maximum absolute atomic E-state index is 8.67. The summed E-state index contributed by atoms with van der Waals surface area (Å²) in [6.07, 6.45) is 0.650. The van der Waals surface area contributed by atoms with Crippen molar-refractivity contribution in [2.75, 3.05) is 53.4 Å². The Morgan fingerprint density at radius 1 is 1.25 bits per heavy atom. The molecule has 0 aliphatic carbocycles. The van der Waals surface area contributed by atoms with Crippen molar-refractivity contribution in [3.63, 3.8) is 0 Å². The average Bonchev–Trinajstić information content (AvgIpc) is 2.27. The normalized spacial score (nSPS) is 20.9. The number of nitriles is 1. The van der Waals surface area contributed by atoms with Gasteiger partial charge in [-0.3, -0.25) is 9.80 Å². The minimum Gasteiger partial charge on any atom is -0.308 e. The number of nitrogens with zero attached hydrogens (tertiary/aromatic N) is 4. The molecule has 0 amide bonds. The highest BCUT2D eigenvalue weighted by Crippen LogP contribution is 2.08. The van der Waals surface area contributed by atoms with E-state index in [9.17, 15) is 0 Å². The molecule has 4 nitrogen and oxygen atoms in total. The van der Waals surface area contributed by atoms with Crippen molar-refractivity contribution in [1.29, 1.82) is 5.26 Å². The Bertz CT molecular complexity index is 226. The molecule has 0 aromatic heterocycles. The maximum Gasteiger partial charge on any atom is 0.0638 e. The van der Waals surface area contributed by atoms with Crippen LogP contribution < -0.4 is 0 Å². The SMILES string of the molecule is CC(CC#N)N1CCN(CCN(C)C)CC1. The average molecular weight is 224 g/mol. The lowest BCUT2D eigenvalue weighted by Gasteiger charge is -2.37. The molecule has 0 radical (unpaired) electrons. The predicted molar refractivity (Wildman–Crippen MR) is 66.3 cm³/mol. The molecule has 1 atom stereocenters. The second-order valence-electron chi connectivity index (χ2n) is 4.89. The molecule has 1 fully saturated rings. The van der Waals surface area contributed by atoms with E-state index in [1.54, 1.807) is 0 Å². The molecule has 0 saturated carbocycles. The molecule has 0 aromatic rings. The van der Waals surface area contributed by atoms with E-state index in [2.05, 4.69) is 41.8 Å². The Balaban J connectivity index is 2.21. The smallest absolute Gasteiger partial charge is 0.0638 e. The molecule has 1 heterocycles. The molecule has 1 rings (SSSR count). The van der Waals surface area contributed by atoms with Crippen molar-refractivity contribution in [1.82, 2.24) is 14.7 Å². The number of likely N-dealkylation sites (N-methyl/N-ethyl adjacent to an activating group) is 1. The molecule has 1 aliphatic rings. The van der Waals surface area contributed by atoms with E-state index in [4.69, 9.17) is 5.26 Å². The van der Waals surface area contributed by atoms with Crippen LogP contribution in [0.3, 0.4) is 0 Å². The molecular weight excluding hydrogens is 200 g/mol. The summed E-state index contributed by atoms with van der Waals surface area (Å²) in [5.41, 5.74) is 0. The third kappa shape index (κ3) is 4.48. The monoisotopic (exact) mass is 224 g/mol. The van der Waals surface area contributed by atoms with Gasteiger partial charge in [-0.25, -0.2) is 0 Å². The third-order valence-corrected chi connectivity index (χ3v) is 3.28. The first kappa shape index (κ1) is 13.4. The first-order valence-corrected chi connectivity index (χ1v) is 6.11. The molecule has 1 saturated heterocycles. The third-order valence-electron chi connectivity index (χ3n) is 3.28. The van der Waals surface area contributed by atoms with Crippen LogP contribution in [-0.2, 0) is 0 Å². The lowest BCUT2D eigenvalue weighted by atomic mass is 10.2. The van der Waals surface area contributed by atoms with Gasteiger partial charge in [-0.15, -0.1) is 0 Å². The van der Waals surface area contributed by atoms with Gasteiger partial charge in [-0.05, 0) is 21.0 Å². The van der Waals surface area contributed by atoms with Crippen molar-refractivity contribution in [3.8, 4) is 6.07 Å². The number of hydrogen-bond donors (Lipinski definition) is 0. The number of rotatable bonds is 5. The number of piperazine rings is 1. The zero-order valence-corrected chi connectivity index (χ0v) is 10.8. The first-order chi connectivity index (χ1) is 7.63. The summed E-state index contributed by atoms with van der Waals surface area (Å²) in [6, 6.07) is 2.67. The van der Waals surface area contributed by atoms with E-state index in [0.717, 1.165) is 39.3 Å². The van der Waals surface area contributed by atoms with Gasteiger partial charge in [0.1, 0.15) is 0 Å². The van der Waals surface area contributed by atoms with Crippen molar-refractivity contribution in [2.24, 2.45) is 0 Å². The quantitative estimate of drug-likeness (QED) is 0.680. The number of hydrogen-bond acceptors (Lipinski definition) is 4. The molecule has 1 aliphatic heterocycles. The molecule has 0 N–H and O–H groups in total. The van der Waals surface area contributed by atoms with E-state index in [0.29, 0.717) is 12.5 Å². The fraction of sp³-hybridized carbons (Fsp3) is 0.917. The van der Waals surface area contributed by atoms with Gasteiger partial charge in [-0.1, -0.05) is 0 Å². The Kier molecular flexibility index (Phi) is 5.75. The van der Waals surface area contributed by atoms with Gasteiger partial charge in [0.05, 0.1) is 12.5 Å². The Hall–Kier alpha value is -0.630. The summed E-state index contributed by atoms with van der Waals surface area (Å²) in [7, 11) is 4.23. The topological polar surface area (TPSA) is 33.5 Å². The van der Waals surface area contributed by atoms with E-state index < -0.39 is 0 Å². The van der Waals surface area contributed by atoms with E-state index >= 15 is 0 Å². The molecule has 1 unspecified atom stereocenters. The fourth-order valence-corrected chi connectivity index (χ4v) is 2.03. The van der Waals surface area contributed by atoms with Gasteiger partial charge < -0.3 is 4.90 Å². The molecule has 0 bridgehead atoms. The van der Waals surface area contributed by atoms with Crippen molar-refractivity contribution in [3.05, 3.63) is 0 Å². The highest BCUT2D eigenvalue weighted by Gasteiger charge is 2.20. The van der Waals surface area contributed by atoms with E-state index in [1.165, 1.54) is 0 Å². The Labute approximate surface area is 99.4 Å². The van der Waals surface area contributed by atoms with Crippen LogP contribution in [0.25, 0.3) is 0 Å². The lowest BCUT2D eigenvalue weighted by Crippen LogP contribution is -2.50. The van der Waals surface area contributed by atoms with Crippen LogP contribution in [0, 0.1) is 11.3 Å². The van der Waals surface area contributed by atoms with Crippen LogP contribution in [0.1, 0.15) is 13.3 Å². The first-order valence-electron chi connectivity index (χ1n) is 6.11. The lowest BCUT2D eigenvalue weighted by molar-refractivity contribution is 0.0989. The minimum atomic E-state index is 0.418. The summed E-state index contributed by atoms with van der Waals surface area (Å²) >= 11 is 0. The molecular formula is C12H24N4. The van der Waals surface area contributed by atoms with Crippen LogP contribution in [0.5, 0.6) is 0 Å². The van der Waals surface area contributed by atoms with Crippen molar-refractivity contribution >= 4 is 0 Å². The fourth-order valence-electron chi connectivity index (χ4n) is 2.03. The predicted octanol–water partition coefficient (Wildman–Crippen LogP) is 0.468. The highest BCUT2D eigenvalue weighted by molar-refractivity contribution is 4.83. The van der Waals surface area contributed by atoms with Gasteiger partial charge in [-0.2, -0.15) is 5.26 Å². The van der Waals surface area contributed by atoms with Crippen molar-refractivity contribution < 1.29 is 0 Å². The van der Waals surface area contributed by atoms with Gasteiger partial charge in [0.2, 0.25) is 0 Å². The van der Waals surface area contributed by atoms with Crippen LogP contribution in [0.15, 0.2) is 0 Å². The standard InChI is InChI=1S/C12H24N4/c1-12(4-5-13)16-10-8-15(9-11-16)7-6-14(2)3/h12H,4,6-11H2,1-3H3. The Morgan fingerprint density at radius 2 is 1.88 bits per heavy atom. The molecule has 92 valence electrons. The molecule has 4 heteroatoms.